The number of rotatable bonds is 3. The second-order valence-electron chi connectivity index (χ2n) is 4.13. The lowest BCUT2D eigenvalue weighted by Crippen LogP contribution is -2.14. The van der Waals surface area contributed by atoms with Gasteiger partial charge in [0.05, 0.1) is 18.3 Å². The van der Waals surface area contributed by atoms with Crippen LogP contribution in [0.25, 0.3) is 0 Å². The number of ether oxygens (including phenoxy) is 1. The Hall–Kier alpha value is -0.540. The Balaban J connectivity index is 2.11. The van der Waals surface area contributed by atoms with Crippen LogP contribution in [0.1, 0.15) is 43.8 Å². The molecule has 1 fully saturated rings. The molecular formula is C11H17ClN2O. The van der Waals surface area contributed by atoms with Gasteiger partial charge in [-0.15, -0.1) is 0 Å². The van der Waals surface area contributed by atoms with Gasteiger partial charge in [0.15, 0.2) is 0 Å². The van der Waals surface area contributed by atoms with E-state index in [-0.39, 0.29) is 0 Å². The highest BCUT2D eigenvalue weighted by Crippen LogP contribution is 2.30. The maximum absolute atomic E-state index is 6.16. The Morgan fingerprint density at radius 3 is 2.87 bits per heavy atom. The molecular weight excluding hydrogens is 212 g/mol. The molecule has 84 valence electrons. The van der Waals surface area contributed by atoms with Gasteiger partial charge < -0.3 is 4.74 Å². The van der Waals surface area contributed by atoms with Gasteiger partial charge in [-0.3, -0.25) is 4.68 Å². The Morgan fingerprint density at radius 1 is 1.47 bits per heavy atom. The van der Waals surface area contributed by atoms with E-state index in [4.69, 9.17) is 16.3 Å². The number of methoxy groups -OCH3 is 1. The second kappa shape index (κ2) is 4.99. The van der Waals surface area contributed by atoms with Gasteiger partial charge in [-0.05, 0) is 12.8 Å². The summed E-state index contributed by atoms with van der Waals surface area (Å²) in [6.45, 7) is 0.541. The van der Waals surface area contributed by atoms with Gasteiger partial charge in [-0.25, -0.2) is 0 Å². The van der Waals surface area contributed by atoms with Gasteiger partial charge in [-0.2, -0.15) is 5.10 Å². The third-order valence-electron chi connectivity index (χ3n) is 2.95. The predicted molar refractivity (Wildman–Crippen MR) is 60.1 cm³/mol. The van der Waals surface area contributed by atoms with Crippen LogP contribution in [0.5, 0.6) is 0 Å². The van der Waals surface area contributed by atoms with Crippen LogP contribution in [0.2, 0.25) is 5.15 Å². The number of hydrogen-bond acceptors (Lipinski definition) is 2. The summed E-state index contributed by atoms with van der Waals surface area (Å²) in [6, 6.07) is 2.40. The average Bonchev–Trinajstić information content (AvgIpc) is 2.61. The number of aromatic nitrogens is 2. The van der Waals surface area contributed by atoms with E-state index in [1.807, 2.05) is 10.7 Å². The van der Waals surface area contributed by atoms with Gasteiger partial charge in [0.1, 0.15) is 5.15 Å². The molecule has 1 aliphatic carbocycles. The van der Waals surface area contributed by atoms with Crippen LogP contribution >= 0.6 is 11.6 Å². The van der Waals surface area contributed by atoms with Crippen LogP contribution in [-0.4, -0.2) is 16.9 Å². The Morgan fingerprint density at radius 2 is 2.20 bits per heavy atom. The minimum atomic E-state index is 0.497. The Bertz CT molecular complexity index is 318. The average molecular weight is 229 g/mol. The van der Waals surface area contributed by atoms with Crippen molar-refractivity contribution in [1.82, 2.24) is 9.78 Å². The lowest BCUT2D eigenvalue weighted by Gasteiger charge is -2.22. The molecule has 0 N–H and O–H groups in total. The van der Waals surface area contributed by atoms with Crippen molar-refractivity contribution in [3.63, 3.8) is 0 Å². The summed E-state index contributed by atoms with van der Waals surface area (Å²) >= 11 is 6.16. The van der Waals surface area contributed by atoms with Crippen molar-refractivity contribution in [2.45, 2.75) is 44.8 Å². The number of halogens is 1. The molecule has 15 heavy (non-hydrogen) atoms. The molecule has 4 heteroatoms. The van der Waals surface area contributed by atoms with Crippen LogP contribution in [0, 0.1) is 0 Å². The highest BCUT2D eigenvalue weighted by Gasteiger charge is 2.18. The van der Waals surface area contributed by atoms with E-state index >= 15 is 0 Å². The van der Waals surface area contributed by atoms with Gasteiger partial charge in [0.2, 0.25) is 0 Å². The quantitative estimate of drug-likeness (QED) is 0.795. The largest absolute Gasteiger partial charge is 0.378 e. The van der Waals surface area contributed by atoms with Gasteiger partial charge in [-0.1, -0.05) is 30.9 Å². The first-order chi connectivity index (χ1) is 7.31. The summed E-state index contributed by atoms with van der Waals surface area (Å²) in [5, 5.41) is 5.23. The minimum Gasteiger partial charge on any atom is -0.378 e. The fourth-order valence-corrected chi connectivity index (χ4v) is 2.52. The van der Waals surface area contributed by atoms with E-state index in [0.717, 1.165) is 10.8 Å². The number of hydrogen-bond donors (Lipinski definition) is 0. The molecule has 1 aromatic heterocycles. The molecule has 0 aromatic carbocycles. The van der Waals surface area contributed by atoms with E-state index in [9.17, 15) is 0 Å². The lowest BCUT2D eigenvalue weighted by atomic mass is 9.96. The highest BCUT2D eigenvalue weighted by atomic mass is 35.5. The molecule has 0 spiro atoms. The second-order valence-corrected chi connectivity index (χ2v) is 4.52. The first kappa shape index (κ1) is 11.0. The first-order valence-corrected chi connectivity index (χ1v) is 5.92. The number of nitrogens with zero attached hydrogens (tertiary/aromatic N) is 2. The van der Waals surface area contributed by atoms with Crippen molar-refractivity contribution < 1.29 is 4.74 Å². The van der Waals surface area contributed by atoms with E-state index in [2.05, 4.69) is 5.10 Å². The maximum atomic E-state index is 6.16. The topological polar surface area (TPSA) is 27.1 Å². The third-order valence-corrected chi connectivity index (χ3v) is 3.24. The lowest BCUT2D eigenvalue weighted by molar-refractivity contribution is 0.180. The Labute approximate surface area is 95.4 Å². The molecule has 1 heterocycles. The third kappa shape index (κ3) is 2.52. The molecule has 1 aliphatic rings. The van der Waals surface area contributed by atoms with Crippen LogP contribution in [0.3, 0.4) is 0 Å². The SMILES string of the molecule is COCc1cc(Cl)n(C2CCCCC2)n1. The maximum Gasteiger partial charge on any atom is 0.127 e. The molecule has 0 radical (unpaired) electrons. The Kier molecular flexibility index (Phi) is 3.65. The fraction of sp³-hybridized carbons (Fsp3) is 0.727. The van der Waals surface area contributed by atoms with Gasteiger partial charge in [0, 0.05) is 13.2 Å². The monoisotopic (exact) mass is 228 g/mol. The molecule has 0 atom stereocenters. The van der Waals surface area contributed by atoms with E-state index in [1.54, 1.807) is 7.11 Å². The van der Waals surface area contributed by atoms with E-state index in [1.165, 1.54) is 32.1 Å². The normalized spacial score (nSPS) is 18.3. The predicted octanol–water partition coefficient (Wildman–Crippen LogP) is 3.19. The molecule has 0 unspecified atom stereocenters. The van der Waals surface area contributed by atoms with Crippen LogP contribution in [0.4, 0.5) is 0 Å². The summed E-state index contributed by atoms with van der Waals surface area (Å²) in [5.74, 6) is 0. The summed E-state index contributed by atoms with van der Waals surface area (Å²) in [4.78, 5) is 0. The zero-order valence-corrected chi connectivity index (χ0v) is 9.83. The zero-order valence-electron chi connectivity index (χ0n) is 9.08. The van der Waals surface area contributed by atoms with Gasteiger partial charge in [0.25, 0.3) is 0 Å². The van der Waals surface area contributed by atoms with E-state index < -0.39 is 0 Å². The molecule has 0 amide bonds. The molecule has 1 aromatic rings. The summed E-state index contributed by atoms with van der Waals surface area (Å²) < 4.78 is 7.02. The molecule has 0 aliphatic heterocycles. The first-order valence-electron chi connectivity index (χ1n) is 5.54. The standard InChI is InChI=1S/C11H17ClN2O/c1-15-8-9-7-11(12)14(13-9)10-5-3-2-4-6-10/h7,10H,2-6,8H2,1H3. The van der Waals surface area contributed by atoms with Crippen LogP contribution in [0.15, 0.2) is 6.07 Å². The van der Waals surface area contributed by atoms with E-state index in [0.29, 0.717) is 12.6 Å². The van der Waals surface area contributed by atoms with Crippen molar-refractivity contribution in [2.24, 2.45) is 0 Å². The molecule has 0 saturated heterocycles. The molecule has 0 bridgehead atoms. The van der Waals surface area contributed by atoms with Crippen LogP contribution in [-0.2, 0) is 11.3 Å². The van der Waals surface area contributed by atoms with Crippen molar-refractivity contribution in [1.29, 1.82) is 0 Å². The summed E-state index contributed by atoms with van der Waals surface area (Å²) in [5.41, 5.74) is 0.924. The molecule has 2 rings (SSSR count). The highest BCUT2D eigenvalue weighted by molar-refractivity contribution is 6.29. The smallest absolute Gasteiger partial charge is 0.127 e. The van der Waals surface area contributed by atoms with Crippen LogP contribution < -0.4 is 0 Å². The zero-order chi connectivity index (χ0) is 10.7. The minimum absolute atomic E-state index is 0.497. The molecule has 1 saturated carbocycles. The van der Waals surface area contributed by atoms with Crippen molar-refractivity contribution >= 4 is 11.6 Å². The fourth-order valence-electron chi connectivity index (χ4n) is 2.22. The van der Waals surface area contributed by atoms with Crippen molar-refractivity contribution in [2.75, 3.05) is 7.11 Å². The summed E-state index contributed by atoms with van der Waals surface area (Å²) in [6.07, 6.45) is 6.34. The van der Waals surface area contributed by atoms with Gasteiger partial charge >= 0.3 is 0 Å². The van der Waals surface area contributed by atoms with Crippen molar-refractivity contribution in [3.05, 3.63) is 16.9 Å². The van der Waals surface area contributed by atoms with Crippen molar-refractivity contribution in [3.8, 4) is 0 Å². The summed E-state index contributed by atoms with van der Waals surface area (Å²) in [7, 11) is 1.67. The molecule has 3 nitrogen and oxygen atoms in total.